The lowest BCUT2D eigenvalue weighted by Crippen LogP contribution is -2.54. The van der Waals surface area contributed by atoms with Crippen LogP contribution in [0.4, 0.5) is 14.9 Å². The largest absolute Gasteiger partial charge is 0.444 e. The zero-order valence-electron chi connectivity index (χ0n) is 22.6. The Bertz CT molecular complexity index is 1250. The van der Waals surface area contributed by atoms with Gasteiger partial charge in [-0.1, -0.05) is 12.1 Å². The number of hydrogen-bond acceptors (Lipinski definition) is 5. The van der Waals surface area contributed by atoms with Crippen molar-refractivity contribution in [1.82, 2.24) is 14.8 Å². The molecule has 0 bridgehead atoms. The van der Waals surface area contributed by atoms with Gasteiger partial charge in [0.15, 0.2) is 0 Å². The number of anilines is 1. The van der Waals surface area contributed by atoms with Crippen LogP contribution in [0.3, 0.4) is 0 Å². The summed E-state index contributed by atoms with van der Waals surface area (Å²) in [7, 11) is 1.74. The molecule has 1 fully saturated rings. The number of aromatic nitrogens is 1. The number of pyridine rings is 1. The average molecular weight is 519 g/mol. The molecule has 1 aliphatic heterocycles. The molecule has 0 radical (unpaired) electrons. The number of hydrogen-bond donors (Lipinski definition) is 0. The van der Waals surface area contributed by atoms with Crippen molar-refractivity contribution in [2.45, 2.75) is 45.9 Å². The molecule has 0 saturated carbocycles. The minimum absolute atomic E-state index is 0.0599. The quantitative estimate of drug-likeness (QED) is 0.440. The topological polar surface area (TPSA) is 66.0 Å². The minimum atomic E-state index is -0.506. The maximum atomic E-state index is 13.2. The van der Waals surface area contributed by atoms with Crippen LogP contribution in [0.1, 0.15) is 43.6 Å². The third-order valence-electron chi connectivity index (χ3n) is 6.52. The molecule has 3 aromatic rings. The second-order valence-corrected chi connectivity index (χ2v) is 10.7. The van der Waals surface area contributed by atoms with Crippen LogP contribution in [-0.2, 0) is 11.3 Å². The van der Waals surface area contributed by atoms with Crippen LogP contribution in [0.15, 0.2) is 66.9 Å². The van der Waals surface area contributed by atoms with E-state index in [1.54, 1.807) is 47.3 Å². The van der Waals surface area contributed by atoms with Gasteiger partial charge < -0.3 is 14.5 Å². The molecule has 0 spiro atoms. The Balaban J connectivity index is 1.33. The lowest BCUT2D eigenvalue weighted by molar-refractivity contribution is 0.000551. The molecule has 0 aliphatic carbocycles. The van der Waals surface area contributed by atoms with Crippen molar-refractivity contribution in [3.8, 4) is 11.3 Å². The maximum Gasteiger partial charge on any atom is 0.410 e. The number of benzene rings is 2. The second-order valence-electron chi connectivity index (χ2n) is 10.7. The Morgan fingerprint density at radius 3 is 2.29 bits per heavy atom. The Hall–Kier alpha value is -3.78. The van der Waals surface area contributed by atoms with Crippen molar-refractivity contribution in [2.75, 3.05) is 31.6 Å². The first-order valence-electron chi connectivity index (χ1n) is 12.8. The van der Waals surface area contributed by atoms with E-state index >= 15 is 0 Å². The van der Waals surface area contributed by atoms with Gasteiger partial charge in [-0.2, -0.15) is 0 Å². The van der Waals surface area contributed by atoms with Gasteiger partial charge in [-0.3, -0.25) is 14.7 Å². The predicted molar refractivity (Wildman–Crippen MR) is 146 cm³/mol. The molecule has 38 heavy (non-hydrogen) atoms. The number of carbonyl (C=O) groups excluding carboxylic acids is 2. The SMILES string of the molecule is C[C@@H]1CN(Cc2ccc(N(C)C(=O)c3ccc(-c4ccc(F)cc4)nc3)cc2)CCN1C(=O)OC(C)(C)C. The Labute approximate surface area is 223 Å². The lowest BCUT2D eigenvalue weighted by atomic mass is 10.1. The fraction of sp³-hybridized carbons (Fsp3) is 0.367. The first-order chi connectivity index (χ1) is 18.0. The lowest BCUT2D eigenvalue weighted by Gasteiger charge is -2.40. The van der Waals surface area contributed by atoms with Crippen LogP contribution in [0.5, 0.6) is 0 Å². The van der Waals surface area contributed by atoms with E-state index in [1.165, 1.54) is 12.1 Å². The molecule has 1 aromatic heterocycles. The third-order valence-corrected chi connectivity index (χ3v) is 6.52. The van der Waals surface area contributed by atoms with E-state index in [0.29, 0.717) is 17.8 Å². The Kier molecular flexibility index (Phi) is 8.11. The molecule has 200 valence electrons. The summed E-state index contributed by atoms with van der Waals surface area (Å²) < 4.78 is 18.7. The van der Waals surface area contributed by atoms with Crippen molar-refractivity contribution in [3.05, 3.63) is 83.8 Å². The number of amides is 2. The van der Waals surface area contributed by atoms with E-state index in [0.717, 1.165) is 36.4 Å². The zero-order valence-corrected chi connectivity index (χ0v) is 22.6. The molecule has 2 aromatic carbocycles. The summed E-state index contributed by atoms with van der Waals surface area (Å²) in [5.74, 6) is -0.466. The van der Waals surface area contributed by atoms with Crippen LogP contribution in [0, 0.1) is 5.82 Å². The van der Waals surface area contributed by atoms with E-state index < -0.39 is 5.60 Å². The van der Waals surface area contributed by atoms with E-state index in [4.69, 9.17) is 4.74 Å². The fourth-order valence-electron chi connectivity index (χ4n) is 4.47. The van der Waals surface area contributed by atoms with Crippen molar-refractivity contribution in [1.29, 1.82) is 0 Å². The molecule has 7 nitrogen and oxygen atoms in total. The highest BCUT2D eigenvalue weighted by atomic mass is 19.1. The van der Waals surface area contributed by atoms with Crippen LogP contribution < -0.4 is 4.90 Å². The normalized spacial score (nSPS) is 16.3. The average Bonchev–Trinajstić information content (AvgIpc) is 2.88. The summed E-state index contributed by atoms with van der Waals surface area (Å²) in [6, 6.07) is 17.6. The number of piperazine rings is 1. The summed E-state index contributed by atoms with van der Waals surface area (Å²) in [5.41, 5.74) is 3.35. The van der Waals surface area contributed by atoms with Gasteiger partial charge in [0, 0.05) is 56.7 Å². The van der Waals surface area contributed by atoms with E-state index in [9.17, 15) is 14.0 Å². The van der Waals surface area contributed by atoms with E-state index in [1.807, 2.05) is 52.0 Å². The highest BCUT2D eigenvalue weighted by Crippen LogP contribution is 2.22. The number of halogens is 1. The van der Waals surface area contributed by atoms with Gasteiger partial charge in [-0.15, -0.1) is 0 Å². The summed E-state index contributed by atoms with van der Waals surface area (Å²) in [4.78, 5) is 35.6. The van der Waals surface area contributed by atoms with E-state index in [-0.39, 0.29) is 23.9 Å². The van der Waals surface area contributed by atoms with Gasteiger partial charge in [0.05, 0.1) is 11.3 Å². The minimum Gasteiger partial charge on any atom is -0.444 e. The summed E-state index contributed by atoms with van der Waals surface area (Å²) in [5, 5.41) is 0. The molecule has 4 rings (SSSR count). The van der Waals surface area contributed by atoms with Crippen LogP contribution in [-0.4, -0.2) is 65.1 Å². The summed E-state index contributed by atoms with van der Waals surface area (Å²) >= 11 is 0. The molecule has 8 heteroatoms. The highest BCUT2D eigenvalue weighted by Gasteiger charge is 2.30. The Morgan fingerprint density at radius 1 is 1.03 bits per heavy atom. The summed E-state index contributed by atoms with van der Waals surface area (Å²) in [6.45, 7) is 10.6. The van der Waals surface area contributed by atoms with Gasteiger partial charge in [0.1, 0.15) is 11.4 Å². The Morgan fingerprint density at radius 2 is 1.71 bits per heavy atom. The van der Waals surface area contributed by atoms with Crippen molar-refractivity contribution >= 4 is 17.7 Å². The van der Waals surface area contributed by atoms with E-state index in [2.05, 4.69) is 9.88 Å². The number of nitrogens with zero attached hydrogens (tertiary/aromatic N) is 4. The van der Waals surface area contributed by atoms with Gasteiger partial charge >= 0.3 is 6.09 Å². The van der Waals surface area contributed by atoms with Crippen molar-refractivity contribution in [3.63, 3.8) is 0 Å². The molecule has 1 atom stereocenters. The molecule has 0 unspecified atom stereocenters. The first kappa shape index (κ1) is 27.3. The smallest absolute Gasteiger partial charge is 0.410 e. The first-order valence-corrected chi connectivity index (χ1v) is 12.8. The molecule has 1 aliphatic rings. The number of ether oxygens (including phenoxy) is 1. The summed E-state index contributed by atoms with van der Waals surface area (Å²) in [6.07, 6.45) is 1.28. The molecule has 2 heterocycles. The predicted octanol–water partition coefficient (Wildman–Crippen LogP) is 5.61. The van der Waals surface area contributed by atoms with Crippen molar-refractivity contribution < 1.29 is 18.7 Å². The zero-order chi connectivity index (χ0) is 27.4. The van der Waals surface area contributed by atoms with Crippen LogP contribution in [0.2, 0.25) is 0 Å². The van der Waals surface area contributed by atoms with Crippen LogP contribution >= 0.6 is 0 Å². The van der Waals surface area contributed by atoms with Crippen molar-refractivity contribution in [2.24, 2.45) is 0 Å². The number of rotatable bonds is 5. The fourth-order valence-corrected chi connectivity index (χ4v) is 4.47. The van der Waals surface area contributed by atoms with Gasteiger partial charge in [-0.25, -0.2) is 9.18 Å². The molecule has 0 N–H and O–H groups in total. The van der Waals surface area contributed by atoms with Gasteiger partial charge in [-0.05, 0) is 81.8 Å². The standard InChI is InChI=1S/C30H35FN4O3/c1-21-19-34(16-17-35(21)29(37)38-30(2,3)4)20-22-6-13-26(14-7-22)33(5)28(36)24-10-15-27(32-18-24)23-8-11-25(31)12-9-23/h6-15,18,21H,16-17,19-20H2,1-5H3/t21-/m1/s1. The monoisotopic (exact) mass is 518 g/mol. The maximum absolute atomic E-state index is 13.2. The molecule has 1 saturated heterocycles. The number of carbonyl (C=O) groups is 2. The second kappa shape index (κ2) is 11.3. The van der Waals surface area contributed by atoms with Gasteiger partial charge in [0.25, 0.3) is 5.91 Å². The molecular weight excluding hydrogens is 483 g/mol. The third kappa shape index (κ3) is 6.75. The molecule has 2 amide bonds. The highest BCUT2D eigenvalue weighted by molar-refractivity contribution is 6.05. The van der Waals surface area contributed by atoms with Gasteiger partial charge in [0.2, 0.25) is 0 Å². The molecular formula is C30H35FN4O3. The van der Waals surface area contributed by atoms with Crippen LogP contribution in [0.25, 0.3) is 11.3 Å².